The van der Waals surface area contributed by atoms with Crippen molar-refractivity contribution in [1.82, 2.24) is 9.97 Å². The van der Waals surface area contributed by atoms with Gasteiger partial charge in [0.15, 0.2) is 0 Å². The van der Waals surface area contributed by atoms with Crippen LogP contribution in [0.5, 0.6) is 0 Å². The molecule has 0 amide bonds. The molecule has 2 heterocycles. The van der Waals surface area contributed by atoms with Gasteiger partial charge >= 0.3 is 0 Å². The number of benzene rings is 1. The van der Waals surface area contributed by atoms with Crippen molar-refractivity contribution in [2.75, 3.05) is 25.6 Å². The largest absolute Gasteiger partial charge is 0.383 e. The minimum atomic E-state index is 0.672. The number of thiophene rings is 1. The van der Waals surface area contributed by atoms with E-state index in [1.165, 1.54) is 34.2 Å². The summed E-state index contributed by atoms with van der Waals surface area (Å²) >= 11 is 1.84. The van der Waals surface area contributed by atoms with Gasteiger partial charge in [-0.3, -0.25) is 0 Å². The minimum absolute atomic E-state index is 0.672. The van der Waals surface area contributed by atoms with Crippen LogP contribution in [0, 0.1) is 0 Å². The van der Waals surface area contributed by atoms with Gasteiger partial charge in [-0.25, -0.2) is 9.97 Å². The maximum atomic E-state index is 5.17. The molecule has 124 valence electrons. The zero-order valence-corrected chi connectivity index (χ0v) is 14.7. The zero-order valence-electron chi connectivity index (χ0n) is 13.8. The monoisotopic (exact) mass is 339 g/mol. The molecule has 0 bridgehead atoms. The van der Waals surface area contributed by atoms with Crippen molar-refractivity contribution < 1.29 is 4.74 Å². The Morgan fingerprint density at radius 2 is 2.04 bits per heavy atom. The first kappa shape index (κ1) is 15.5. The fourth-order valence-corrected chi connectivity index (χ4v) is 4.58. The lowest BCUT2D eigenvalue weighted by molar-refractivity contribution is 0.210. The Morgan fingerprint density at radius 1 is 1.17 bits per heavy atom. The van der Waals surface area contributed by atoms with Gasteiger partial charge < -0.3 is 10.1 Å². The summed E-state index contributed by atoms with van der Waals surface area (Å²) in [5.41, 5.74) is 2.70. The summed E-state index contributed by atoms with van der Waals surface area (Å²) in [5.74, 6) is 1.86. The first-order chi connectivity index (χ1) is 11.8. The molecule has 4 rings (SSSR count). The van der Waals surface area contributed by atoms with Crippen molar-refractivity contribution in [3.05, 3.63) is 52.2 Å². The average molecular weight is 339 g/mol. The number of methoxy groups -OCH3 is 1. The fraction of sp³-hybridized carbons (Fsp3) is 0.368. The van der Waals surface area contributed by atoms with Gasteiger partial charge in [0.1, 0.15) is 16.5 Å². The van der Waals surface area contributed by atoms with Gasteiger partial charge in [-0.2, -0.15) is 0 Å². The van der Waals surface area contributed by atoms with Crippen LogP contribution in [-0.2, 0) is 24.0 Å². The standard InChI is InChI=1S/C19H21N3OS/c1-23-11-10-20-18-17-14-8-5-9-15(14)24-19(17)22-16(21-18)12-13-6-3-2-4-7-13/h2-4,6-7H,5,8-12H2,1H3,(H,20,21,22). The van der Waals surface area contributed by atoms with Crippen LogP contribution in [0.25, 0.3) is 10.2 Å². The molecule has 0 saturated heterocycles. The highest BCUT2D eigenvalue weighted by atomic mass is 32.1. The van der Waals surface area contributed by atoms with E-state index in [1.54, 1.807) is 7.11 Å². The number of nitrogens with one attached hydrogen (secondary N) is 1. The summed E-state index contributed by atoms with van der Waals surface area (Å²) < 4.78 is 5.17. The predicted molar refractivity (Wildman–Crippen MR) is 99.1 cm³/mol. The van der Waals surface area contributed by atoms with E-state index in [9.17, 15) is 0 Å². The van der Waals surface area contributed by atoms with Gasteiger partial charge in [0.05, 0.1) is 12.0 Å². The topological polar surface area (TPSA) is 47.0 Å². The number of hydrogen-bond acceptors (Lipinski definition) is 5. The third kappa shape index (κ3) is 3.01. The Kier molecular flexibility index (Phi) is 4.45. The Balaban J connectivity index is 1.73. The summed E-state index contributed by atoms with van der Waals surface area (Å²) in [4.78, 5) is 12.3. The number of anilines is 1. The molecule has 2 aromatic heterocycles. The molecule has 24 heavy (non-hydrogen) atoms. The van der Waals surface area contributed by atoms with Crippen molar-refractivity contribution in [3.63, 3.8) is 0 Å². The van der Waals surface area contributed by atoms with E-state index in [2.05, 4.69) is 29.6 Å². The number of nitrogens with zero attached hydrogens (tertiary/aromatic N) is 2. The summed E-state index contributed by atoms with van der Waals surface area (Å²) in [7, 11) is 1.72. The lowest BCUT2D eigenvalue weighted by atomic mass is 10.1. The molecule has 1 aliphatic carbocycles. The smallest absolute Gasteiger partial charge is 0.138 e. The highest BCUT2D eigenvalue weighted by Crippen LogP contribution is 2.39. The van der Waals surface area contributed by atoms with Crippen LogP contribution in [-0.4, -0.2) is 30.2 Å². The highest BCUT2D eigenvalue weighted by molar-refractivity contribution is 7.19. The van der Waals surface area contributed by atoms with Crippen LogP contribution >= 0.6 is 11.3 Å². The quantitative estimate of drug-likeness (QED) is 0.693. The number of hydrogen-bond donors (Lipinski definition) is 1. The highest BCUT2D eigenvalue weighted by Gasteiger charge is 2.22. The maximum Gasteiger partial charge on any atom is 0.138 e. The lowest BCUT2D eigenvalue weighted by Gasteiger charge is -2.10. The minimum Gasteiger partial charge on any atom is -0.383 e. The van der Waals surface area contributed by atoms with E-state index in [-0.39, 0.29) is 0 Å². The molecule has 4 nitrogen and oxygen atoms in total. The Hall–Kier alpha value is -1.98. The molecule has 1 N–H and O–H groups in total. The number of ether oxygens (including phenoxy) is 1. The molecule has 0 fully saturated rings. The third-order valence-corrected chi connectivity index (χ3v) is 5.60. The first-order valence-corrected chi connectivity index (χ1v) is 9.24. The maximum absolute atomic E-state index is 5.17. The summed E-state index contributed by atoms with van der Waals surface area (Å²) in [5, 5.41) is 4.70. The van der Waals surface area contributed by atoms with E-state index >= 15 is 0 Å². The molecular weight excluding hydrogens is 318 g/mol. The molecule has 1 aliphatic rings. The van der Waals surface area contributed by atoms with Crippen molar-refractivity contribution >= 4 is 27.4 Å². The van der Waals surface area contributed by atoms with E-state index in [4.69, 9.17) is 14.7 Å². The van der Waals surface area contributed by atoms with Crippen LogP contribution in [0.3, 0.4) is 0 Å². The number of rotatable bonds is 6. The number of fused-ring (bicyclic) bond motifs is 3. The molecule has 5 heteroatoms. The summed E-state index contributed by atoms with van der Waals surface area (Å²) in [6.45, 7) is 1.43. The molecule has 0 spiro atoms. The van der Waals surface area contributed by atoms with Gasteiger partial charge in [0.25, 0.3) is 0 Å². The van der Waals surface area contributed by atoms with Gasteiger partial charge in [-0.1, -0.05) is 30.3 Å². The van der Waals surface area contributed by atoms with Crippen molar-refractivity contribution in [2.45, 2.75) is 25.7 Å². The van der Waals surface area contributed by atoms with Crippen molar-refractivity contribution in [1.29, 1.82) is 0 Å². The SMILES string of the molecule is COCCNc1nc(Cc2ccccc2)nc2sc3c(c12)CCC3. The predicted octanol–water partition coefficient (Wildman–Crippen LogP) is 3.83. The molecule has 0 atom stereocenters. The van der Waals surface area contributed by atoms with Crippen LogP contribution in [0.4, 0.5) is 5.82 Å². The average Bonchev–Trinajstić information content (AvgIpc) is 3.16. The second kappa shape index (κ2) is 6.87. The van der Waals surface area contributed by atoms with Gasteiger partial charge in [0, 0.05) is 25.0 Å². The van der Waals surface area contributed by atoms with E-state index < -0.39 is 0 Å². The Bertz CT molecular complexity index is 845. The number of aromatic nitrogens is 2. The third-order valence-electron chi connectivity index (χ3n) is 4.41. The van der Waals surface area contributed by atoms with Crippen LogP contribution in [0.2, 0.25) is 0 Å². The molecule has 0 unspecified atom stereocenters. The van der Waals surface area contributed by atoms with Gasteiger partial charge in [-0.15, -0.1) is 11.3 Å². The van der Waals surface area contributed by atoms with Crippen LogP contribution < -0.4 is 5.32 Å². The number of aryl methyl sites for hydroxylation is 2. The zero-order chi connectivity index (χ0) is 16.4. The van der Waals surface area contributed by atoms with Crippen LogP contribution in [0.15, 0.2) is 30.3 Å². The first-order valence-electron chi connectivity index (χ1n) is 8.43. The normalized spacial score (nSPS) is 13.4. The second-order valence-corrected chi connectivity index (χ2v) is 7.19. The van der Waals surface area contributed by atoms with Crippen LogP contribution in [0.1, 0.15) is 28.2 Å². The molecular formula is C19H21N3OS. The lowest BCUT2D eigenvalue weighted by Crippen LogP contribution is -2.11. The molecule has 0 saturated carbocycles. The van der Waals surface area contributed by atoms with Crippen molar-refractivity contribution in [2.24, 2.45) is 0 Å². The van der Waals surface area contributed by atoms with Gasteiger partial charge in [0.2, 0.25) is 0 Å². The Morgan fingerprint density at radius 3 is 2.88 bits per heavy atom. The summed E-state index contributed by atoms with van der Waals surface area (Å²) in [6.07, 6.45) is 4.34. The fourth-order valence-electron chi connectivity index (χ4n) is 3.30. The van der Waals surface area contributed by atoms with Crippen molar-refractivity contribution in [3.8, 4) is 0 Å². The second-order valence-electron chi connectivity index (χ2n) is 6.11. The molecule has 0 radical (unpaired) electrons. The Labute approximate surface area is 145 Å². The molecule has 1 aromatic carbocycles. The molecule has 0 aliphatic heterocycles. The molecule has 3 aromatic rings. The van der Waals surface area contributed by atoms with E-state index in [1.807, 2.05) is 17.4 Å². The van der Waals surface area contributed by atoms with E-state index in [0.29, 0.717) is 6.61 Å². The van der Waals surface area contributed by atoms with Gasteiger partial charge in [-0.05, 0) is 30.4 Å². The summed E-state index contributed by atoms with van der Waals surface area (Å²) in [6, 6.07) is 10.4. The van der Waals surface area contributed by atoms with E-state index in [0.717, 1.165) is 35.9 Å².